The van der Waals surface area contributed by atoms with Crippen LogP contribution in [0.3, 0.4) is 0 Å². The van der Waals surface area contributed by atoms with Crippen LogP contribution in [0.2, 0.25) is 0 Å². The molecule has 0 fully saturated rings. The van der Waals surface area contributed by atoms with E-state index in [1.807, 2.05) is 0 Å². The number of hydrazine groups is 1. The summed E-state index contributed by atoms with van der Waals surface area (Å²) in [6, 6.07) is 3.53. The number of hydrogen-bond acceptors (Lipinski definition) is 8. The normalized spacial score (nSPS) is 16.4. The zero-order valence-corrected chi connectivity index (χ0v) is 16.4. The third-order valence-electron chi connectivity index (χ3n) is 5.19. The van der Waals surface area contributed by atoms with E-state index in [4.69, 9.17) is 0 Å². The second-order valence-electron chi connectivity index (χ2n) is 7.05. The van der Waals surface area contributed by atoms with Gasteiger partial charge >= 0.3 is 0 Å². The Labute approximate surface area is 175 Å². The van der Waals surface area contributed by atoms with Crippen molar-refractivity contribution in [3.05, 3.63) is 72.0 Å². The van der Waals surface area contributed by atoms with Gasteiger partial charge in [0.15, 0.2) is 11.6 Å². The fourth-order valence-electron chi connectivity index (χ4n) is 3.59. The van der Waals surface area contributed by atoms with E-state index in [0.717, 1.165) is 30.9 Å². The Balaban J connectivity index is 1.91. The van der Waals surface area contributed by atoms with Gasteiger partial charge in [-0.05, 0) is 17.7 Å². The van der Waals surface area contributed by atoms with Crippen LogP contribution in [-0.2, 0) is 5.60 Å². The summed E-state index contributed by atoms with van der Waals surface area (Å²) in [5.41, 5.74) is 0.983. The Bertz CT molecular complexity index is 1130. The molecule has 0 saturated carbocycles. The number of benzene rings is 1. The van der Waals surface area contributed by atoms with Crippen LogP contribution in [0.1, 0.15) is 24.1 Å². The third-order valence-corrected chi connectivity index (χ3v) is 5.19. The van der Waals surface area contributed by atoms with Gasteiger partial charge in [0, 0.05) is 11.5 Å². The zero-order valence-electron chi connectivity index (χ0n) is 16.4. The molecule has 0 spiro atoms. The second-order valence-corrected chi connectivity index (χ2v) is 7.05. The fraction of sp³-hybridized carbons (Fsp3) is 0.250. The first-order chi connectivity index (χ1) is 14.9. The average molecular weight is 429 g/mol. The van der Waals surface area contributed by atoms with Gasteiger partial charge in [-0.3, -0.25) is 10.0 Å². The summed E-state index contributed by atoms with van der Waals surface area (Å²) in [5, 5.41) is 13.5. The highest BCUT2D eigenvalue weighted by Crippen LogP contribution is 2.42. The maximum absolute atomic E-state index is 14.5. The SMILES string of the molecule is C[C@@H](c1ncncc1F)[C@](O)(CN1C=NCN1)c1ccc(F)cc1-c1ncncc1F. The van der Waals surface area contributed by atoms with E-state index < -0.39 is 29.0 Å². The van der Waals surface area contributed by atoms with Gasteiger partial charge in [0.05, 0.1) is 24.6 Å². The molecule has 2 atom stereocenters. The quantitative estimate of drug-likeness (QED) is 0.619. The number of nitrogens with zero attached hydrogens (tertiary/aromatic N) is 6. The molecule has 160 valence electrons. The van der Waals surface area contributed by atoms with E-state index in [0.29, 0.717) is 6.67 Å². The van der Waals surface area contributed by atoms with Crippen molar-refractivity contribution in [2.24, 2.45) is 4.99 Å². The molecule has 0 bridgehead atoms. The van der Waals surface area contributed by atoms with Gasteiger partial charge < -0.3 is 5.11 Å². The van der Waals surface area contributed by atoms with Crippen molar-refractivity contribution in [3.63, 3.8) is 0 Å². The van der Waals surface area contributed by atoms with Crippen LogP contribution >= 0.6 is 0 Å². The summed E-state index contributed by atoms with van der Waals surface area (Å²) in [6.07, 6.45) is 5.69. The predicted molar refractivity (Wildman–Crippen MR) is 105 cm³/mol. The molecule has 11 heteroatoms. The number of nitrogens with one attached hydrogen (secondary N) is 1. The van der Waals surface area contributed by atoms with Crippen molar-refractivity contribution in [3.8, 4) is 11.3 Å². The number of aliphatic hydroxyl groups is 1. The molecule has 3 aromatic rings. The summed E-state index contributed by atoms with van der Waals surface area (Å²) in [4.78, 5) is 19.2. The number of aromatic nitrogens is 4. The first kappa shape index (κ1) is 20.8. The minimum Gasteiger partial charge on any atom is -0.383 e. The average Bonchev–Trinajstić information content (AvgIpc) is 3.26. The number of β-amino-alcohol motifs (C(OH)–C–C–N with tert-alkyl or cyclic N) is 1. The Morgan fingerprint density at radius 2 is 1.87 bits per heavy atom. The van der Waals surface area contributed by atoms with E-state index in [-0.39, 0.29) is 29.1 Å². The lowest BCUT2D eigenvalue weighted by atomic mass is 9.77. The lowest BCUT2D eigenvalue weighted by molar-refractivity contribution is -0.0135. The molecule has 8 nitrogen and oxygen atoms in total. The van der Waals surface area contributed by atoms with Crippen molar-refractivity contribution in [2.75, 3.05) is 13.2 Å². The molecule has 31 heavy (non-hydrogen) atoms. The van der Waals surface area contributed by atoms with E-state index in [2.05, 4.69) is 30.4 Å². The summed E-state index contributed by atoms with van der Waals surface area (Å²) in [7, 11) is 0. The summed E-state index contributed by atoms with van der Waals surface area (Å²) < 4.78 is 43.2. The number of aliphatic imine (C=N–C) groups is 1. The van der Waals surface area contributed by atoms with Crippen LogP contribution in [0.5, 0.6) is 0 Å². The molecule has 0 saturated heterocycles. The maximum Gasteiger partial charge on any atom is 0.167 e. The summed E-state index contributed by atoms with van der Waals surface area (Å²) in [6.45, 7) is 1.75. The van der Waals surface area contributed by atoms with Gasteiger partial charge in [-0.25, -0.2) is 38.5 Å². The number of halogens is 3. The molecule has 4 rings (SSSR count). The Kier molecular flexibility index (Phi) is 5.61. The first-order valence-electron chi connectivity index (χ1n) is 9.34. The molecule has 1 aliphatic rings. The third kappa shape index (κ3) is 3.97. The highest BCUT2D eigenvalue weighted by molar-refractivity contribution is 5.66. The minimum absolute atomic E-state index is 0.0138. The number of hydrogen-bond donors (Lipinski definition) is 2. The molecule has 1 aliphatic heterocycles. The van der Waals surface area contributed by atoms with Gasteiger partial charge in [0.2, 0.25) is 0 Å². The molecule has 0 aliphatic carbocycles. The van der Waals surface area contributed by atoms with Crippen molar-refractivity contribution >= 4 is 6.34 Å². The minimum atomic E-state index is -1.86. The molecular weight excluding hydrogens is 411 g/mol. The Hall–Kier alpha value is -3.44. The molecule has 3 heterocycles. The maximum atomic E-state index is 14.5. The predicted octanol–water partition coefficient (Wildman–Crippen LogP) is 2.15. The first-order valence-corrected chi connectivity index (χ1v) is 9.34. The van der Waals surface area contributed by atoms with Gasteiger partial charge in [-0.15, -0.1) is 0 Å². The number of rotatable bonds is 6. The monoisotopic (exact) mass is 429 g/mol. The van der Waals surface area contributed by atoms with E-state index in [1.165, 1.54) is 23.7 Å². The second kappa shape index (κ2) is 8.36. The largest absolute Gasteiger partial charge is 0.383 e. The molecule has 2 N–H and O–H groups in total. The van der Waals surface area contributed by atoms with Crippen molar-refractivity contribution in [1.82, 2.24) is 30.4 Å². The lowest BCUT2D eigenvalue weighted by Gasteiger charge is -2.38. The van der Waals surface area contributed by atoms with Crippen LogP contribution in [0.4, 0.5) is 13.2 Å². The smallest absolute Gasteiger partial charge is 0.167 e. The van der Waals surface area contributed by atoms with Crippen LogP contribution in [0, 0.1) is 17.5 Å². The van der Waals surface area contributed by atoms with E-state index >= 15 is 0 Å². The van der Waals surface area contributed by atoms with Gasteiger partial charge in [0.1, 0.15) is 42.8 Å². The standard InChI is InChI=1S/C20H18F3N7O/c1-12(18-16(22)5-24-8-27-18)20(31,7-30-11-26-10-29-30)15-3-2-13(21)4-14(15)19-17(23)6-25-9-28-19/h2-6,8-9,11-12,29,31H,7,10H2,1H3/t12-,20+/m0/s1. The molecule has 0 radical (unpaired) electrons. The van der Waals surface area contributed by atoms with Crippen LogP contribution < -0.4 is 5.43 Å². The highest BCUT2D eigenvalue weighted by atomic mass is 19.1. The molecule has 0 amide bonds. The van der Waals surface area contributed by atoms with E-state index in [1.54, 1.807) is 6.92 Å². The Morgan fingerprint density at radius 3 is 2.55 bits per heavy atom. The molecule has 1 aromatic carbocycles. The van der Waals surface area contributed by atoms with Crippen molar-refractivity contribution < 1.29 is 18.3 Å². The van der Waals surface area contributed by atoms with Crippen LogP contribution in [0.15, 0.2) is 48.2 Å². The van der Waals surface area contributed by atoms with Gasteiger partial charge in [-0.1, -0.05) is 13.0 Å². The van der Waals surface area contributed by atoms with Crippen LogP contribution in [0.25, 0.3) is 11.3 Å². The molecular formula is C20H18F3N7O. The Morgan fingerprint density at radius 1 is 1.13 bits per heavy atom. The van der Waals surface area contributed by atoms with Crippen LogP contribution in [-0.4, -0.2) is 49.6 Å². The zero-order chi connectivity index (χ0) is 22.0. The summed E-state index contributed by atoms with van der Waals surface area (Å²) in [5.74, 6) is -3.10. The van der Waals surface area contributed by atoms with Crippen molar-refractivity contribution in [2.45, 2.75) is 18.4 Å². The lowest BCUT2D eigenvalue weighted by Crippen LogP contribution is -2.47. The van der Waals surface area contributed by atoms with Crippen molar-refractivity contribution in [1.29, 1.82) is 0 Å². The summed E-state index contributed by atoms with van der Waals surface area (Å²) >= 11 is 0. The highest BCUT2D eigenvalue weighted by Gasteiger charge is 2.43. The van der Waals surface area contributed by atoms with Gasteiger partial charge in [-0.2, -0.15) is 0 Å². The fourth-order valence-corrected chi connectivity index (χ4v) is 3.59. The molecule has 2 aromatic heterocycles. The molecule has 0 unspecified atom stereocenters. The van der Waals surface area contributed by atoms with E-state index in [9.17, 15) is 18.3 Å². The van der Waals surface area contributed by atoms with Gasteiger partial charge in [0.25, 0.3) is 0 Å². The topological polar surface area (TPSA) is 99.4 Å².